The Morgan fingerprint density at radius 2 is 1.65 bits per heavy atom. The molecule has 17 heavy (non-hydrogen) atoms. The van der Waals surface area contributed by atoms with Gasteiger partial charge in [0, 0.05) is 17.9 Å². The molecule has 0 aromatic heterocycles. The van der Waals surface area contributed by atoms with Crippen LogP contribution in [0.3, 0.4) is 0 Å². The van der Waals surface area contributed by atoms with E-state index in [9.17, 15) is 8.78 Å². The van der Waals surface area contributed by atoms with Gasteiger partial charge in [-0.25, -0.2) is 8.78 Å². The van der Waals surface area contributed by atoms with Crippen LogP contribution in [0.5, 0.6) is 0 Å². The molecule has 2 nitrogen and oxygen atoms in total. The number of rotatable bonds is 3. The molecular formula is C13H12F2N2. The van der Waals surface area contributed by atoms with Crippen molar-refractivity contribution < 1.29 is 8.78 Å². The third-order valence-corrected chi connectivity index (χ3v) is 2.33. The lowest BCUT2D eigenvalue weighted by Gasteiger charge is -2.07. The van der Waals surface area contributed by atoms with E-state index in [1.165, 1.54) is 24.3 Å². The molecule has 0 saturated carbocycles. The van der Waals surface area contributed by atoms with Gasteiger partial charge in [0.25, 0.3) is 0 Å². The first kappa shape index (κ1) is 11.4. The maximum absolute atomic E-state index is 13.0. The summed E-state index contributed by atoms with van der Waals surface area (Å²) in [6.07, 6.45) is 0. The van der Waals surface area contributed by atoms with E-state index in [1.54, 1.807) is 18.2 Å². The van der Waals surface area contributed by atoms with Crippen LogP contribution >= 0.6 is 0 Å². The van der Waals surface area contributed by atoms with E-state index in [-0.39, 0.29) is 11.6 Å². The SMILES string of the molecule is Nc1cc(F)cc(NCc2ccc(F)cc2)c1. The predicted octanol–water partition coefficient (Wildman–Crippen LogP) is 3.16. The van der Waals surface area contributed by atoms with E-state index in [2.05, 4.69) is 5.32 Å². The second-order valence-electron chi connectivity index (χ2n) is 3.75. The number of hydrogen-bond donors (Lipinski definition) is 2. The van der Waals surface area contributed by atoms with Crippen LogP contribution in [0.25, 0.3) is 0 Å². The third-order valence-electron chi connectivity index (χ3n) is 2.33. The van der Waals surface area contributed by atoms with Crippen LogP contribution in [0.15, 0.2) is 42.5 Å². The highest BCUT2D eigenvalue weighted by atomic mass is 19.1. The molecule has 0 heterocycles. The van der Waals surface area contributed by atoms with Gasteiger partial charge in [0.15, 0.2) is 0 Å². The van der Waals surface area contributed by atoms with E-state index >= 15 is 0 Å². The number of nitrogens with two attached hydrogens (primary N) is 1. The highest BCUT2D eigenvalue weighted by Crippen LogP contribution is 2.16. The number of anilines is 2. The van der Waals surface area contributed by atoms with E-state index in [1.807, 2.05) is 0 Å². The van der Waals surface area contributed by atoms with Gasteiger partial charge in [-0.15, -0.1) is 0 Å². The molecule has 0 aliphatic carbocycles. The molecule has 0 aliphatic heterocycles. The molecule has 0 unspecified atom stereocenters. The Labute approximate surface area is 98.1 Å². The predicted molar refractivity (Wildman–Crippen MR) is 64.5 cm³/mol. The molecule has 2 aromatic carbocycles. The topological polar surface area (TPSA) is 38.0 Å². The Morgan fingerprint density at radius 1 is 0.941 bits per heavy atom. The number of hydrogen-bond acceptors (Lipinski definition) is 2. The molecule has 0 amide bonds. The summed E-state index contributed by atoms with van der Waals surface area (Å²) in [5.74, 6) is -0.657. The Bertz CT molecular complexity index is 489. The lowest BCUT2D eigenvalue weighted by atomic mass is 10.2. The summed E-state index contributed by atoms with van der Waals surface area (Å²) in [6.45, 7) is 0.489. The van der Waals surface area contributed by atoms with E-state index in [4.69, 9.17) is 5.73 Å². The van der Waals surface area contributed by atoms with Gasteiger partial charge in [0.2, 0.25) is 0 Å². The zero-order chi connectivity index (χ0) is 12.3. The highest BCUT2D eigenvalue weighted by Gasteiger charge is 1.99. The fraction of sp³-hybridized carbons (Fsp3) is 0.0769. The summed E-state index contributed by atoms with van der Waals surface area (Å²) in [5.41, 5.74) is 7.40. The van der Waals surface area contributed by atoms with Crippen molar-refractivity contribution in [2.24, 2.45) is 0 Å². The second-order valence-corrected chi connectivity index (χ2v) is 3.75. The first-order valence-electron chi connectivity index (χ1n) is 5.18. The molecule has 2 rings (SSSR count). The number of benzene rings is 2. The van der Waals surface area contributed by atoms with Crippen molar-refractivity contribution in [3.8, 4) is 0 Å². The quantitative estimate of drug-likeness (QED) is 0.800. The summed E-state index contributed by atoms with van der Waals surface area (Å²) < 4.78 is 25.7. The van der Waals surface area contributed by atoms with Crippen LogP contribution in [0, 0.1) is 11.6 Å². The van der Waals surface area contributed by atoms with Gasteiger partial charge in [-0.3, -0.25) is 0 Å². The lowest BCUT2D eigenvalue weighted by molar-refractivity contribution is 0.627. The largest absolute Gasteiger partial charge is 0.399 e. The Hall–Kier alpha value is -2.10. The average Bonchev–Trinajstić information content (AvgIpc) is 2.27. The number of nitrogen functional groups attached to an aromatic ring is 1. The molecule has 88 valence electrons. The van der Waals surface area contributed by atoms with Gasteiger partial charge in [-0.2, -0.15) is 0 Å². The van der Waals surface area contributed by atoms with Crippen LogP contribution in [0.1, 0.15) is 5.56 Å². The van der Waals surface area contributed by atoms with Crippen LogP contribution in [-0.2, 0) is 6.54 Å². The van der Waals surface area contributed by atoms with Crippen molar-refractivity contribution in [2.45, 2.75) is 6.54 Å². The van der Waals surface area contributed by atoms with Crippen molar-refractivity contribution in [2.75, 3.05) is 11.1 Å². The van der Waals surface area contributed by atoms with Crippen LogP contribution in [0.2, 0.25) is 0 Å². The van der Waals surface area contributed by atoms with Crippen molar-refractivity contribution in [1.82, 2.24) is 0 Å². The first-order chi connectivity index (χ1) is 8.13. The molecule has 0 saturated heterocycles. The maximum atomic E-state index is 13.0. The number of nitrogens with one attached hydrogen (secondary N) is 1. The normalized spacial score (nSPS) is 10.2. The van der Waals surface area contributed by atoms with E-state index in [0.29, 0.717) is 17.9 Å². The Morgan fingerprint density at radius 3 is 2.29 bits per heavy atom. The molecule has 3 N–H and O–H groups in total. The zero-order valence-electron chi connectivity index (χ0n) is 9.08. The standard InChI is InChI=1S/C13H12F2N2/c14-10-3-1-9(2-4-10)8-17-13-6-11(15)5-12(16)7-13/h1-7,17H,8,16H2. The van der Waals surface area contributed by atoms with Crippen LogP contribution in [0.4, 0.5) is 20.2 Å². The monoisotopic (exact) mass is 234 g/mol. The lowest BCUT2D eigenvalue weighted by Crippen LogP contribution is -2.00. The van der Waals surface area contributed by atoms with Crippen molar-refractivity contribution >= 4 is 11.4 Å². The molecule has 0 spiro atoms. The van der Waals surface area contributed by atoms with Crippen molar-refractivity contribution in [1.29, 1.82) is 0 Å². The van der Waals surface area contributed by atoms with E-state index in [0.717, 1.165) is 5.56 Å². The van der Waals surface area contributed by atoms with Gasteiger partial charge >= 0.3 is 0 Å². The van der Waals surface area contributed by atoms with Gasteiger partial charge in [-0.05, 0) is 35.9 Å². The van der Waals surface area contributed by atoms with Gasteiger partial charge in [0.05, 0.1) is 0 Å². The minimum Gasteiger partial charge on any atom is -0.399 e. The summed E-state index contributed by atoms with van der Waals surface area (Å²) in [4.78, 5) is 0. The first-order valence-corrected chi connectivity index (χ1v) is 5.18. The summed E-state index contributed by atoms with van der Waals surface area (Å²) in [7, 11) is 0. The summed E-state index contributed by atoms with van der Waals surface area (Å²) in [6, 6.07) is 10.4. The fourth-order valence-corrected chi connectivity index (χ4v) is 1.52. The summed E-state index contributed by atoms with van der Waals surface area (Å²) >= 11 is 0. The van der Waals surface area contributed by atoms with Gasteiger partial charge in [0.1, 0.15) is 11.6 Å². The molecule has 0 bridgehead atoms. The molecule has 0 atom stereocenters. The van der Waals surface area contributed by atoms with E-state index < -0.39 is 0 Å². The minimum absolute atomic E-state index is 0.274. The molecule has 2 aromatic rings. The molecular weight excluding hydrogens is 222 g/mol. The smallest absolute Gasteiger partial charge is 0.127 e. The summed E-state index contributed by atoms with van der Waals surface area (Å²) in [5, 5.41) is 3.02. The van der Waals surface area contributed by atoms with Crippen molar-refractivity contribution in [3.63, 3.8) is 0 Å². The average molecular weight is 234 g/mol. The molecule has 0 radical (unpaired) electrons. The number of halogens is 2. The minimum atomic E-state index is -0.383. The van der Waals surface area contributed by atoms with Gasteiger partial charge in [-0.1, -0.05) is 12.1 Å². The Balaban J connectivity index is 2.04. The van der Waals surface area contributed by atoms with Crippen LogP contribution < -0.4 is 11.1 Å². The third kappa shape index (κ3) is 3.17. The second kappa shape index (κ2) is 4.82. The molecule has 0 aliphatic rings. The van der Waals surface area contributed by atoms with Crippen molar-refractivity contribution in [3.05, 3.63) is 59.7 Å². The fourth-order valence-electron chi connectivity index (χ4n) is 1.52. The van der Waals surface area contributed by atoms with Gasteiger partial charge < -0.3 is 11.1 Å². The highest BCUT2D eigenvalue weighted by molar-refractivity contribution is 5.54. The Kier molecular flexibility index (Phi) is 3.23. The molecule has 4 heteroatoms. The maximum Gasteiger partial charge on any atom is 0.127 e. The zero-order valence-corrected chi connectivity index (χ0v) is 9.08. The molecule has 0 fully saturated rings. The van der Waals surface area contributed by atoms with Crippen LogP contribution in [-0.4, -0.2) is 0 Å².